The summed E-state index contributed by atoms with van der Waals surface area (Å²) in [7, 11) is 0. The number of Topliss-reactive ketones (excluding diaryl/α,β-unsaturated/α-hetero) is 1. The Morgan fingerprint density at radius 1 is 0.979 bits per heavy atom. The molecule has 2 aromatic rings. The van der Waals surface area contributed by atoms with Gasteiger partial charge in [0.1, 0.15) is 30.4 Å². The SMILES string of the molecule is CC(C)(C)OC(=O)N1CCC(CCC(=O)N2CCC[C@@H](C(=O)CC(CC(=O)O)c3cncc(-c4ccc(OCCF)cc4)c3)C2)CC1. The van der Waals surface area contributed by atoms with Crippen molar-refractivity contribution in [3.05, 3.63) is 48.3 Å². The monoisotopic (exact) mass is 653 g/mol. The van der Waals surface area contributed by atoms with Gasteiger partial charge in [0.2, 0.25) is 5.91 Å². The number of likely N-dealkylation sites (tertiary alicyclic amines) is 2. The van der Waals surface area contributed by atoms with Crippen LogP contribution in [0.2, 0.25) is 0 Å². The molecule has 1 N–H and O–H groups in total. The van der Waals surface area contributed by atoms with Gasteiger partial charge in [0, 0.05) is 68.8 Å². The smallest absolute Gasteiger partial charge is 0.410 e. The Morgan fingerprint density at radius 3 is 2.36 bits per heavy atom. The average Bonchev–Trinajstić information content (AvgIpc) is 3.05. The van der Waals surface area contributed by atoms with Gasteiger partial charge >= 0.3 is 12.1 Å². The molecule has 0 aliphatic carbocycles. The maximum atomic E-state index is 13.6. The van der Waals surface area contributed by atoms with E-state index in [1.165, 1.54) is 0 Å². The summed E-state index contributed by atoms with van der Waals surface area (Å²) in [6, 6.07) is 8.99. The number of ether oxygens (including phenoxy) is 2. The number of piperidine rings is 2. The van der Waals surface area contributed by atoms with Crippen molar-refractivity contribution in [1.82, 2.24) is 14.8 Å². The highest BCUT2D eigenvalue weighted by atomic mass is 19.1. The Labute approximate surface area is 276 Å². The Balaban J connectivity index is 1.30. The predicted octanol–water partition coefficient (Wildman–Crippen LogP) is 6.28. The fraction of sp³-hybridized carbons (Fsp3) is 0.583. The standard InChI is InChI=1S/C36H48FN3O7/c1-36(2,3)47-35(45)39-16-12-25(13-17-39)6-11-33(42)40-15-4-5-27(24-40)32(41)20-28(21-34(43)44)30-19-29(22-38-23-30)26-7-9-31(10-8-26)46-18-14-37/h7-10,19,22-23,25,27-28H,4-6,11-18,20-21,24H2,1-3H3,(H,43,44)/t27-,28?/m1/s1. The number of carbonyl (C=O) groups excluding carboxylic acids is 3. The molecule has 0 bridgehead atoms. The van der Waals surface area contributed by atoms with Crippen LogP contribution in [0, 0.1) is 11.8 Å². The lowest BCUT2D eigenvalue weighted by Crippen LogP contribution is -2.43. The van der Waals surface area contributed by atoms with E-state index in [4.69, 9.17) is 9.47 Å². The number of hydrogen-bond acceptors (Lipinski definition) is 7. The Hall–Kier alpha value is -4.02. The number of pyridine rings is 1. The molecule has 2 aliphatic rings. The third-order valence-electron chi connectivity index (χ3n) is 8.90. The number of halogens is 1. The molecule has 11 heteroatoms. The second kappa shape index (κ2) is 16.7. The zero-order chi connectivity index (χ0) is 34.0. The highest BCUT2D eigenvalue weighted by molar-refractivity contribution is 5.84. The van der Waals surface area contributed by atoms with E-state index in [-0.39, 0.29) is 43.2 Å². The van der Waals surface area contributed by atoms with E-state index in [1.807, 2.05) is 39.0 Å². The van der Waals surface area contributed by atoms with E-state index < -0.39 is 24.2 Å². The number of ketones is 1. The van der Waals surface area contributed by atoms with E-state index in [0.717, 1.165) is 36.8 Å². The number of rotatable bonds is 13. The number of nitrogens with zero attached hydrogens (tertiary/aromatic N) is 3. The molecular weight excluding hydrogens is 605 g/mol. The third-order valence-corrected chi connectivity index (χ3v) is 8.90. The number of amides is 2. The molecular formula is C36H48FN3O7. The topological polar surface area (TPSA) is 126 Å². The molecule has 10 nitrogen and oxygen atoms in total. The fourth-order valence-corrected chi connectivity index (χ4v) is 6.35. The molecule has 1 aromatic carbocycles. The normalized spacial score (nSPS) is 18.0. The third kappa shape index (κ3) is 11.0. The first kappa shape index (κ1) is 35.8. The van der Waals surface area contributed by atoms with E-state index in [1.54, 1.807) is 34.3 Å². The second-order valence-electron chi connectivity index (χ2n) is 13.7. The van der Waals surface area contributed by atoms with Crippen molar-refractivity contribution in [2.45, 2.75) is 83.7 Å². The van der Waals surface area contributed by atoms with E-state index in [2.05, 4.69) is 4.98 Å². The number of aromatic nitrogens is 1. The van der Waals surface area contributed by atoms with Crippen LogP contribution in [-0.4, -0.2) is 88.7 Å². The lowest BCUT2D eigenvalue weighted by Gasteiger charge is -2.35. The number of hydrogen-bond donors (Lipinski definition) is 1. The molecule has 1 aromatic heterocycles. The van der Waals surface area contributed by atoms with Crippen molar-refractivity contribution in [3.8, 4) is 16.9 Å². The zero-order valence-electron chi connectivity index (χ0n) is 27.8. The fourth-order valence-electron chi connectivity index (χ4n) is 6.35. The molecule has 0 radical (unpaired) electrons. The largest absolute Gasteiger partial charge is 0.491 e. The zero-order valence-corrected chi connectivity index (χ0v) is 27.8. The predicted molar refractivity (Wildman–Crippen MR) is 175 cm³/mol. The van der Waals surface area contributed by atoms with E-state index in [0.29, 0.717) is 56.3 Å². The molecule has 2 amide bonds. The Kier molecular flexibility index (Phi) is 12.7. The van der Waals surface area contributed by atoms with Gasteiger partial charge in [-0.3, -0.25) is 19.4 Å². The summed E-state index contributed by atoms with van der Waals surface area (Å²) in [5.41, 5.74) is 1.74. The van der Waals surface area contributed by atoms with Crippen LogP contribution in [0.1, 0.15) is 83.6 Å². The maximum absolute atomic E-state index is 13.6. The van der Waals surface area contributed by atoms with Crippen LogP contribution in [0.15, 0.2) is 42.7 Å². The lowest BCUT2D eigenvalue weighted by molar-refractivity contribution is -0.137. The first-order valence-corrected chi connectivity index (χ1v) is 16.7. The van der Waals surface area contributed by atoms with Crippen LogP contribution in [0.25, 0.3) is 11.1 Å². The molecule has 256 valence electrons. The van der Waals surface area contributed by atoms with Gasteiger partial charge in [-0.2, -0.15) is 0 Å². The number of carboxylic acids is 1. The minimum Gasteiger partial charge on any atom is -0.491 e. The lowest BCUT2D eigenvalue weighted by atomic mass is 9.84. The maximum Gasteiger partial charge on any atom is 0.410 e. The van der Waals surface area contributed by atoms with Gasteiger partial charge in [-0.05, 0) is 88.1 Å². The Bertz CT molecular complexity index is 1370. The van der Waals surface area contributed by atoms with Crippen LogP contribution >= 0.6 is 0 Å². The quantitative estimate of drug-likeness (QED) is 0.268. The first-order valence-electron chi connectivity index (χ1n) is 16.7. The highest BCUT2D eigenvalue weighted by Gasteiger charge is 2.32. The summed E-state index contributed by atoms with van der Waals surface area (Å²) < 4.78 is 23.2. The highest BCUT2D eigenvalue weighted by Crippen LogP contribution is 2.31. The van der Waals surface area contributed by atoms with E-state index >= 15 is 0 Å². The van der Waals surface area contributed by atoms with E-state index in [9.17, 15) is 28.7 Å². The molecule has 2 atom stereocenters. The molecule has 2 saturated heterocycles. The minimum atomic E-state index is -1.00. The van der Waals surface area contributed by atoms with Gasteiger partial charge in [0.05, 0.1) is 6.42 Å². The second-order valence-corrected chi connectivity index (χ2v) is 13.7. The number of benzene rings is 1. The van der Waals surface area contributed by atoms with Gasteiger partial charge in [-0.25, -0.2) is 9.18 Å². The summed E-state index contributed by atoms with van der Waals surface area (Å²) in [6.07, 6.45) is 7.03. The summed E-state index contributed by atoms with van der Waals surface area (Å²) in [4.78, 5) is 58.8. The van der Waals surface area contributed by atoms with Gasteiger partial charge in [-0.15, -0.1) is 0 Å². The molecule has 2 fully saturated rings. The molecule has 1 unspecified atom stereocenters. The van der Waals surface area contributed by atoms with Crippen molar-refractivity contribution in [2.75, 3.05) is 39.5 Å². The van der Waals surface area contributed by atoms with Crippen LogP contribution in [0.4, 0.5) is 9.18 Å². The van der Waals surface area contributed by atoms with Crippen molar-refractivity contribution >= 4 is 23.8 Å². The molecule has 47 heavy (non-hydrogen) atoms. The van der Waals surface area contributed by atoms with Gasteiger partial charge < -0.3 is 24.4 Å². The minimum absolute atomic E-state index is 0.0215. The van der Waals surface area contributed by atoms with Crippen LogP contribution in [0.3, 0.4) is 0 Å². The number of carboxylic acid groups (broad SMARTS) is 1. The molecule has 2 aliphatic heterocycles. The van der Waals surface area contributed by atoms with Crippen LogP contribution in [0.5, 0.6) is 5.75 Å². The Morgan fingerprint density at radius 2 is 1.70 bits per heavy atom. The van der Waals surface area contributed by atoms with Gasteiger partial charge in [0.15, 0.2) is 0 Å². The van der Waals surface area contributed by atoms with Gasteiger partial charge in [0.25, 0.3) is 0 Å². The summed E-state index contributed by atoms with van der Waals surface area (Å²) in [5.74, 6) is -0.995. The number of aliphatic carboxylic acids is 1. The summed E-state index contributed by atoms with van der Waals surface area (Å²) in [6.45, 7) is 7.16. The van der Waals surface area contributed by atoms with Crippen molar-refractivity contribution in [1.29, 1.82) is 0 Å². The van der Waals surface area contributed by atoms with Crippen LogP contribution < -0.4 is 4.74 Å². The van der Waals surface area contributed by atoms with Crippen molar-refractivity contribution in [3.63, 3.8) is 0 Å². The molecule has 0 spiro atoms. The van der Waals surface area contributed by atoms with Crippen molar-refractivity contribution in [2.24, 2.45) is 11.8 Å². The first-order chi connectivity index (χ1) is 22.4. The number of alkyl halides is 1. The molecule has 0 saturated carbocycles. The summed E-state index contributed by atoms with van der Waals surface area (Å²) >= 11 is 0. The molecule has 4 rings (SSSR count). The van der Waals surface area contributed by atoms with Gasteiger partial charge in [-0.1, -0.05) is 12.1 Å². The van der Waals surface area contributed by atoms with Crippen LogP contribution in [-0.2, 0) is 19.1 Å². The average molecular weight is 654 g/mol. The summed E-state index contributed by atoms with van der Waals surface area (Å²) in [5, 5.41) is 9.67. The van der Waals surface area contributed by atoms with Crippen molar-refractivity contribution < 1.29 is 38.1 Å². The molecule has 3 heterocycles. The number of carbonyl (C=O) groups is 4.